The molecular formula is C14H11Cl2NO3S2. The molecule has 0 saturated heterocycles. The van der Waals surface area contributed by atoms with Gasteiger partial charge in [0.2, 0.25) is 0 Å². The molecule has 0 saturated carbocycles. The highest BCUT2D eigenvalue weighted by Gasteiger charge is 2.16. The Morgan fingerprint density at radius 2 is 1.95 bits per heavy atom. The molecular weight excluding hydrogens is 365 g/mol. The van der Waals surface area contributed by atoms with Gasteiger partial charge in [-0.2, -0.15) is 0 Å². The zero-order valence-electron chi connectivity index (χ0n) is 11.3. The topological polar surface area (TPSA) is 63.2 Å². The number of benzene rings is 1. The molecule has 1 aromatic carbocycles. The van der Waals surface area contributed by atoms with Crippen LogP contribution in [-0.2, 0) is 10.0 Å². The first-order valence-electron chi connectivity index (χ1n) is 6.03. The van der Waals surface area contributed by atoms with E-state index in [4.69, 9.17) is 23.2 Å². The fourth-order valence-corrected chi connectivity index (χ4v) is 3.71. The molecule has 0 unspecified atom stereocenters. The molecule has 0 bridgehead atoms. The summed E-state index contributed by atoms with van der Waals surface area (Å²) in [5, 5.41) is 1.38. The Morgan fingerprint density at radius 3 is 2.55 bits per heavy atom. The predicted molar refractivity (Wildman–Crippen MR) is 90.9 cm³/mol. The van der Waals surface area contributed by atoms with E-state index in [-0.39, 0.29) is 10.6 Å². The van der Waals surface area contributed by atoms with Crippen molar-refractivity contribution in [3.8, 4) is 0 Å². The van der Waals surface area contributed by atoms with Crippen molar-refractivity contribution in [3.05, 3.63) is 61.1 Å². The van der Waals surface area contributed by atoms with Crippen molar-refractivity contribution in [2.45, 2.75) is 6.92 Å². The van der Waals surface area contributed by atoms with Crippen molar-refractivity contribution in [3.63, 3.8) is 0 Å². The van der Waals surface area contributed by atoms with Crippen LogP contribution in [-0.4, -0.2) is 14.3 Å². The number of halogens is 2. The van der Waals surface area contributed by atoms with E-state index in [1.807, 2.05) is 17.7 Å². The molecule has 8 heteroatoms. The number of thiophene rings is 1. The van der Waals surface area contributed by atoms with Gasteiger partial charge in [0, 0.05) is 14.8 Å². The van der Waals surface area contributed by atoms with E-state index in [1.165, 1.54) is 35.6 Å². The third-order valence-electron chi connectivity index (χ3n) is 2.58. The monoisotopic (exact) mass is 375 g/mol. The lowest BCUT2D eigenvalue weighted by Crippen LogP contribution is -2.28. The maximum Gasteiger partial charge on any atom is 0.266 e. The largest absolute Gasteiger partial charge is 0.268 e. The van der Waals surface area contributed by atoms with Crippen molar-refractivity contribution < 1.29 is 13.2 Å². The minimum Gasteiger partial charge on any atom is -0.268 e. The Labute approximate surface area is 142 Å². The summed E-state index contributed by atoms with van der Waals surface area (Å²) in [6.45, 7) is 1.92. The Kier molecular flexibility index (Phi) is 5.28. The van der Waals surface area contributed by atoms with Crippen LogP contribution in [0.5, 0.6) is 0 Å². The van der Waals surface area contributed by atoms with E-state index in [0.29, 0.717) is 5.02 Å². The lowest BCUT2D eigenvalue weighted by atomic mass is 10.2. The van der Waals surface area contributed by atoms with Gasteiger partial charge in [0.1, 0.15) is 0 Å². The highest BCUT2D eigenvalue weighted by Crippen LogP contribution is 2.21. The molecule has 22 heavy (non-hydrogen) atoms. The van der Waals surface area contributed by atoms with Gasteiger partial charge in [-0.1, -0.05) is 23.2 Å². The summed E-state index contributed by atoms with van der Waals surface area (Å²) in [7, 11) is -3.91. The number of carbonyl (C=O) groups excluding carboxylic acids is 1. The quantitative estimate of drug-likeness (QED) is 0.874. The van der Waals surface area contributed by atoms with Crippen molar-refractivity contribution >= 4 is 56.5 Å². The summed E-state index contributed by atoms with van der Waals surface area (Å²) in [4.78, 5) is 13.8. The van der Waals surface area contributed by atoms with Crippen LogP contribution in [0.15, 0.2) is 35.7 Å². The van der Waals surface area contributed by atoms with Crippen LogP contribution < -0.4 is 4.72 Å². The molecule has 0 fully saturated rings. The summed E-state index contributed by atoms with van der Waals surface area (Å²) < 4.78 is 25.7. The Bertz CT molecular complexity index is 842. The zero-order chi connectivity index (χ0) is 16.3. The zero-order valence-corrected chi connectivity index (χ0v) is 14.5. The summed E-state index contributed by atoms with van der Waals surface area (Å²) in [6, 6.07) is 7.86. The lowest BCUT2D eigenvalue weighted by Gasteiger charge is -2.05. The van der Waals surface area contributed by atoms with Gasteiger partial charge in [0.15, 0.2) is 0 Å². The summed E-state index contributed by atoms with van der Waals surface area (Å²) in [6.07, 6.45) is 1.43. The Hall–Kier alpha value is -1.34. The number of hydrogen-bond donors (Lipinski definition) is 1. The fourth-order valence-electron chi connectivity index (χ4n) is 1.59. The van der Waals surface area contributed by atoms with Crippen molar-refractivity contribution in [1.82, 2.24) is 4.72 Å². The van der Waals surface area contributed by atoms with Crippen LogP contribution in [0, 0.1) is 6.92 Å². The van der Waals surface area contributed by atoms with Gasteiger partial charge in [-0.3, -0.25) is 4.79 Å². The standard InChI is InChI=1S/C14H11Cl2NO3S2/c1-9-2-4-11(21-9)6-7-22(19,20)17-14(18)12-5-3-10(15)8-13(12)16/h2-8H,1H3,(H,17,18)/b7-6+. The molecule has 0 aliphatic carbocycles. The van der Waals surface area contributed by atoms with Gasteiger partial charge in [-0.15, -0.1) is 11.3 Å². The van der Waals surface area contributed by atoms with Crippen molar-refractivity contribution in [2.75, 3.05) is 0 Å². The molecule has 1 N–H and O–H groups in total. The van der Waals surface area contributed by atoms with E-state index in [1.54, 1.807) is 6.07 Å². The van der Waals surface area contributed by atoms with Crippen molar-refractivity contribution in [2.24, 2.45) is 0 Å². The SMILES string of the molecule is Cc1ccc(/C=C/S(=O)(=O)NC(=O)c2ccc(Cl)cc2Cl)s1. The van der Waals surface area contributed by atoms with Gasteiger partial charge >= 0.3 is 0 Å². The minimum atomic E-state index is -3.91. The third kappa shape index (κ3) is 4.58. The summed E-state index contributed by atoms with van der Waals surface area (Å²) >= 11 is 13.1. The molecule has 116 valence electrons. The highest BCUT2D eigenvalue weighted by molar-refractivity contribution is 7.93. The predicted octanol–water partition coefficient (Wildman–Crippen LogP) is 4.09. The Morgan fingerprint density at radius 1 is 1.23 bits per heavy atom. The maximum absolute atomic E-state index is 12.0. The third-order valence-corrected chi connectivity index (χ3v) is 5.06. The van der Waals surface area contributed by atoms with Gasteiger partial charge < -0.3 is 0 Å². The Balaban J connectivity index is 2.14. The van der Waals surface area contributed by atoms with Crippen molar-refractivity contribution in [1.29, 1.82) is 0 Å². The van der Waals surface area contributed by atoms with Gasteiger partial charge in [0.05, 0.1) is 16.0 Å². The van der Waals surface area contributed by atoms with Crippen LogP contribution in [0.2, 0.25) is 10.0 Å². The molecule has 1 aromatic heterocycles. The number of nitrogens with one attached hydrogen (secondary N) is 1. The van der Waals surface area contributed by atoms with Gasteiger partial charge in [0.25, 0.3) is 15.9 Å². The summed E-state index contributed by atoms with van der Waals surface area (Å²) in [5.74, 6) is -0.811. The van der Waals surface area contributed by atoms with Crippen LogP contribution >= 0.6 is 34.5 Å². The molecule has 4 nitrogen and oxygen atoms in total. The van der Waals surface area contributed by atoms with E-state index in [9.17, 15) is 13.2 Å². The highest BCUT2D eigenvalue weighted by atomic mass is 35.5. The number of amides is 1. The van der Waals surface area contributed by atoms with Crippen LogP contribution in [0.1, 0.15) is 20.1 Å². The van der Waals surface area contributed by atoms with E-state index >= 15 is 0 Å². The smallest absolute Gasteiger partial charge is 0.266 e. The lowest BCUT2D eigenvalue weighted by molar-refractivity contribution is 0.0982. The second-order valence-electron chi connectivity index (χ2n) is 4.35. The maximum atomic E-state index is 12.0. The second-order valence-corrected chi connectivity index (χ2v) is 8.08. The molecule has 0 aliphatic heterocycles. The first-order chi connectivity index (χ1) is 10.3. The van der Waals surface area contributed by atoms with E-state index in [2.05, 4.69) is 0 Å². The molecule has 0 radical (unpaired) electrons. The van der Waals surface area contributed by atoms with Gasteiger partial charge in [-0.25, -0.2) is 13.1 Å². The molecule has 2 aromatic rings. The van der Waals surface area contributed by atoms with Gasteiger partial charge in [-0.05, 0) is 43.3 Å². The molecule has 0 atom stereocenters. The number of carbonyl (C=O) groups is 1. The molecule has 0 spiro atoms. The molecule has 1 heterocycles. The number of hydrogen-bond acceptors (Lipinski definition) is 4. The van der Waals surface area contributed by atoms with Crippen LogP contribution in [0.3, 0.4) is 0 Å². The summed E-state index contributed by atoms with van der Waals surface area (Å²) in [5.41, 5.74) is 0.0370. The van der Waals surface area contributed by atoms with Crippen LogP contribution in [0.4, 0.5) is 0 Å². The normalized spacial score (nSPS) is 11.8. The number of sulfonamides is 1. The average Bonchev–Trinajstić information content (AvgIpc) is 2.81. The minimum absolute atomic E-state index is 0.0370. The molecule has 2 rings (SSSR count). The fraction of sp³-hybridized carbons (Fsp3) is 0.0714. The van der Waals surface area contributed by atoms with Crippen LogP contribution in [0.25, 0.3) is 6.08 Å². The molecule has 0 aliphatic rings. The second kappa shape index (κ2) is 6.83. The number of aryl methyl sites for hydroxylation is 1. The van der Waals surface area contributed by atoms with E-state index < -0.39 is 15.9 Å². The number of rotatable bonds is 4. The van der Waals surface area contributed by atoms with E-state index in [0.717, 1.165) is 15.2 Å². The first-order valence-corrected chi connectivity index (χ1v) is 9.15. The first kappa shape index (κ1) is 17.0. The average molecular weight is 376 g/mol. The molecule has 1 amide bonds.